The molecule has 0 spiro atoms. The minimum atomic E-state index is 0.442. The molecule has 3 heterocycles. The molecule has 0 saturated carbocycles. The van der Waals surface area contributed by atoms with Gasteiger partial charge in [-0.25, -0.2) is 4.68 Å². The van der Waals surface area contributed by atoms with Gasteiger partial charge in [-0.05, 0) is 44.5 Å². The van der Waals surface area contributed by atoms with Crippen LogP contribution in [0.5, 0.6) is 0 Å². The largest absolute Gasteiger partial charge is 0.317 e. The van der Waals surface area contributed by atoms with Gasteiger partial charge >= 0.3 is 0 Å². The molecular formula is C13H17N5. The number of rotatable bonds is 2. The van der Waals surface area contributed by atoms with Crippen molar-refractivity contribution in [2.45, 2.75) is 25.3 Å². The Hall–Kier alpha value is -1.75. The molecule has 5 heteroatoms. The molecule has 94 valence electrons. The Labute approximate surface area is 106 Å². The van der Waals surface area contributed by atoms with Gasteiger partial charge in [0.15, 0.2) is 0 Å². The first-order chi connectivity index (χ1) is 8.95. The maximum atomic E-state index is 4.27. The van der Waals surface area contributed by atoms with E-state index in [0.29, 0.717) is 6.04 Å². The van der Waals surface area contributed by atoms with E-state index in [1.807, 2.05) is 18.5 Å². The molecule has 1 aliphatic heterocycles. The number of pyridine rings is 1. The maximum absolute atomic E-state index is 4.27. The zero-order valence-corrected chi connectivity index (χ0v) is 10.3. The Bertz CT molecular complexity index is 485. The second-order valence-corrected chi connectivity index (χ2v) is 4.64. The lowest BCUT2D eigenvalue weighted by Gasteiger charge is -2.16. The highest BCUT2D eigenvalue weighted by molar-refractivity contribution is 5.56. The third kappa shape index (κ3) is 2.26. The summed E-state index contributed by atoms with van der Waals surface area (Å²) in [4.78, 5) is 4.16. The highest BCUT2D eigenvalue weighted by Crippen LogP contribution is 2.25. The fourth-order valence-electron chi connectivity index (χ4n) is 2.48. The van der Waals surface area contributed by atoms with Crippen molar-refractivity contribution in [3.05, 3.63) is 30.7 Å². The van der Waals surface area contributed by atoms with E-state index < -0.39 is 0 Å². The molecule has 0 aromatic carbocycles. The highest BCUT2D eigenvalue weighted by Gasteiger charge is 2.18. The van der Waals surface area contributed by atoms with Crippen molar-refractivity contribution < 1.29 is 0 Å². The lowest BCUT2D eigenvalue weighted by atomic mass is 10.1. The van der Waals surface area contributed by atoms with Gasteiger partial charge < -0.3 is 5.32 Å². The van der Waals surface area contributed by atoms with Crippen LogP contribution in [0.25, 0.3) is 11.3 Å². The van der Waals surface area contributed by atoms with Crippen LogP contribution in [0.2, 0.25) is 0 Å². The average Bonchev–Trinajstić information content (AvgIpc) is 2.75. The molecule has 0 radical (unpaired) electrons. The van der Waals surface area contributed by atoms with Crippen LogP contribution in [0.1, 0.15) is 25.3 Å². The van der Waals surface area contributed by atoms with Gasteiger partial charge in [0.2, 0.25) is 0 Å². The van der Waals surface area contributed by atoms with Crippen molar-refractivity contribution in [1.82, 2.24) is 25.3 Å². The lowest BCUT2D eigenvalue weighted by Crippen LogP contribution is -2.16. The normalized spacial score (nSPS) is 20.6. The molecule has 18 heavy (non-hydrogen) atoms. The topological polar surface area (TPSA) is 55.6 Å². The van der Waals surface area contributed by atoms with E-state index in [9.17, 15) is 0 Å². The number of aromatic nitrogens is 4. The molecule has 0 bridgehead atoms. The second kappa shape index (κ2) is 5.27. The Kier molecular flexibility index (Phi) is 3.32. The summed E-state index contributed by atoms with van der Waals surface area (Å²) in [5.74, 6) is 0. The van der Waals surface area contributed by atoms with Crippen LogP contribution in [-0.2, 0) is 0 Å². The molecule has 1 aliphatic rings. The summed E-state index contributed by atoms with van der Waals surface area (Å²) in [6, 6.07) is 4.44. The van der Waals surface area contributed by atoms with Crippen molar-refractivity contribution in [3.63, 3.8) is 0 Å². The first-order valence-electron chi connectivity index (χ1n) is 6.46. The summed E-state index contributed by atoms with van der Waals surface area (Å²) in [6.07, 6.45) is 8.93. The van der Waals surface area contributed by atoms with E-state index in [1.165, 1.54) is 6.42 Å². The molecule has 0 aliphatic carbocycles. The third-order valence-electron chi connectivity index (χ3n) is 3.42. The van der Waals surface area contributed by atoms with Crippen molar-refractivity contribution >= 4 is 0 Å². The maximum Gasteiger partial charge on any atom is 0.0904 e. The number of nitrogens with one attached hydrogen (secondary N) is 1. The van der Waals surface area contributed by atoms with Gasteiger partial charge in [-0.2, -0.15) is 0 Å². The zero-order chi connectivity index (χ0) is 12.2. The quantitative estimate of drug-likeness (QED) is 0.871. The first-order valence-corrected chi connectivity index (χ1v) is 6.46. The smallest absolute Gasteiger partial charge is 0.0904 e. The summed E-state index contributed by atoms with van der Waals surface area (Å²) >= 11 is 0. The monoisotopic (exact) mass is 243 g/mol. The van der Waals surface area contributed by atoms with Crippen molar-refractivity contribution in [2.24, 2.45) is 0 Å². The fourth-order valence-corrected chi connectivity index (χ4v) is 2.48. The molecule has 1 fully saturated rings. The van der Waals surface area contributed by atoms with Crippen LogP contribution in [0, 0.1) is 0 Å². The average molecular weight is 243 g/mol. The van der Waals surface area contributed by atoms with E-state index in [4.69, 9.17) is 0 Å². The van der Waals surface area contributed by atoms with Crippen molar-refractivity contribution in [1.29, 1.82) is 0 Å². The van der Waals surface area contributed by atoms with Crippen LogP contribution < -0.4 is 5.32 Å². The summed E-state index contributed by atoms with van der Waals surface area (Å²) in [5.41, 5.74) is 2.15. The SMILES string of the molecule is c1cncc(-c2cnnn2C2CCCNCC2)c1. The summed E-state index contributed by atoms with van der Waals surface area (Å²) in [5, 5.41) is 11.8. The second-order valence-electron chi connectivity index (χ2n) is 4.64. The van der Waals surface area contributed by atoms with Gasteiger partial charge in [0.25, 0.3) is 0 Å². The summed E-state index contributed by atoms with van der Waals surface area (Å²) in [7, 11) is 0. The van der Waals surface area contributed by atoms with Gasteiger partial charge in [0.05, 0.1) is 17.9 Å². The fraction of sp³-hybridized carbons (Fsp3) is 0.462. The molecule has 1 unspecified atom stereocenters. The van der Waals surface area contributed by atoms with Crippen LogP contribution >= 0.6 is 0 Å². The predicted octanol–water partition coefficient (Wildman–Crippen LogP) is 1.65. The minimum Gasteiger partial charge on any atom is -0.317 e. The number of hydrogen-bond donors (Lipinski definition) is 1. The highest BCUT2D eigenvalue weighted by atomic mass is 15.4. The van der Waals surface area contributed by atoms with Crippen molar-refractivity contribution in [2.75, 3.05) is 13.1 Å². The van der Waals surface area contributed by atoms with Crippen LogP contribution in [0.3, 0.4) is 0 Å². The van der Waals surface area contributed by atoms with Crippen LogP contribution in [0.4, 0.5) is 0 Å². The molecule has 2 aromatic rings. The summed E-state index contributed by atoms with van der Waals surface area (Å²) in [6.45, 7) is 2.16. The lowest BCUT2D eigenvalue weighted by molar-refractivity contribution is 0.408. The Morgan fingerprint density at radius 2 is 2.22 bits per heavy atom. The molecule has 1 N–H and O–H groups in total. The molecule has 5 nitrogen and oxygen atoms in total. The molecule has 1 atom stereocenters. The van der Waals surface area contributed by atoms with Gasteiger partial charge in [0.1, 0.15) is 0 Å². The van der Waals surface area contributed by atoms with Crippen molar-refractivity contribution in [3.8, 4) is 11.3 Å². The molecule has 1 saturated heterocycles. The predicted molar refractivity (Wildman–Crippen MR) is 69.0 cm³/mol. The zero-order valence-electron chi connectivity index (χ0n) is 10.3. The first kappa shape index (κ1) is 11.3. The Balaban J connectivity index is 1.91. The van der Waals surface area contributed by atoms with E-state index in [1.54, 1.807) is 6.20 Å². The Morgan fingerprint density at radius 1 is 1.22 bits per heavy atom. The molecule has 0 amide bonds. The van der Waals surface area contributed by atoms with Crippen LogP contribution in [-0.4, -0.2) is 33.1 Å². The minimum absolute atomic E-state index is 0.442. The number of nitrogens with zero attached hydrogens (tertiary/aromatic N) is 4. The van der Waals surface area contributed by atoms with Gasteiger partial charge in [-0.3, -0.25) is 4.98 Å². The molecule has 2 aromatic heterocycles. The molecular weight excluding hydrogens is 226 g/mol. The summed E-state index contributed by atoms with van der Waals surface area (Å²) < 4.78 is 2.06. The molecule has 3 rings (SSSR count). The van der Waals surface area contributed by atoms with Gasteiger partial charge in [-0.1, -0.05) is 5.21 Å². The standard InChI is InChI=1S/C13H17N5/c1-3-11(9-15-7-1)13-10-16-17-18(13)12-4-2-6-14-8-5-12/h1,3,7,9-10,12,14H,2,4-6,8H2. The van der Waals surface area contributed by atoms with Crippen LogP contribution in [0.15, 0.2) is 30.7 Å². The van der Waals surface area contributed by atoms with E-state index in [-0.39, 0.29) is 0 Å². The number of hydrogen-bond acceptors (Lipinski definition) is 4. The van der Waals surface area contributed by atoms with Gasteiger partial charge in [0, 0.05) is 18.0 Å². The third-order valence-corrected chi connectivity index (χ3v) is 3.42. The van der Waals surface area contributed by atoms with E-state index in [2.05, 4.69) is 31.4 Å². The van der Waals surface area contributed by atoms with Gasteiger partial charge in [-0.15, -0.1) is 5.10 Å². The van der Waals surface area contributed by atoms with E-state index in [0.717, 1.165) is 37.2 Å². The van der Waals surface area contributed by atoms with E-state index >= 15 is 0 Å². The Morgan fingerprint density at radius 3 is 3.11 bits per heavy atom.